The van der Waals surface area contributed by atoms with Crippen LogP contribution >= 0.6 is 0 Å². The Balaban J connectivity index is 2.76. The molecule has 0 aliphatic heterocycles. The van der Waals surface area contributed by atoms with Crippen molar-refractivity contribution in [3.05, 3.63) is 36.2 Å². The van der Waals surface area contributed by atoms with Crippen molar-refractivity contribution < 1.29 is 4.42 Å². The molecule has 2 aromatic heterocycles. The molecule has 0 unspecified atom stereocenters. The van der Waals surface area contributed by atoms with Crippen molar-refractivity contribution >= 4 is 11.5 Å². The molecule has 5 nitrogen and oxygen atoms in total. The number of aromatic nitrogens is 2. The molecule has 0 spiro atoms. The number of allylic oxidation sites excluding steroid dienone is 1. The van der Waals surface area contributed by atoms with E-state index in [9.17, 15) is 5.26 Å². The van der Waals surface area contributed by atoms with Gasteiger partial charge in [-0.1, -0.05) is 6.58 Å². The highest BCUT2D eigenvalue weighted by Gasteiger charge is 2.16. The minimum Gasteiger partial charge on any atom is -0.463 e. The Morgan fingerprint density at radius 1 is 1.53 bits per heavy atom. The van der Waals surface area contributed by atoms with Gasteiger partial charge in [-0.05, 0) is 24.6 Å². The van der Waals surface area contributed by atoms with Gasteiger partial charge in [0.2, 0.25) is 5.95 Å². The normalized spacial score (nSPS) is 9.88. The summed E-state index contributed by atoms with van der Waals surface area (Å²) in [5.41, 5.74) is 7.43. The maximum Gasteiger partial charge on any atom is 0.221 e. The summed E-state index contributed by atoms with van der Waals surface area (Å²) in [7, 11) is 0. The van der Waals surface area contributed by atoms with Crippen LogP contribution in [0.4, 0.5) is 5.95 Å². The molecule has 5 heteroatoms. The summed E-state index contributed by atoms with van der Waals surface area (Å²) >= 11 is 0. The lowest BCUT2D eigenvalue weighted by Gasteiger charge is -2.06. The van der Waals surface area contributed by atoms with Crippen molar-refractivity contribution in [2.45, 2.75) is 6.92 Å². The molecule has 17 heavy (non-hydrogen) atoms. The maximum absolute atomic E-state index is 9.18. The summed E-state index contributed by atoms with van der Waals surface area (Å²) in [5.74, 6) is 0.576. The molecule has 2 heterocycles. The fourth-order valence-electron chi connectivity index (χ4n) is 1.48. The molecule has 0 aliphatic rings. The lowest BCUT2D eigenvalue weighted by Crippen LogP contribution is -2.03. The van der Waals surface area contributed by atoms with E-state index in [0.717, 1.165) is 0 Å². The molecule has 0 amide bonds. The lowest BCUT2D eigenvalue weighted by molar-refractivity contribution is 0.579. The first-order chi connectivity index (χ1) is 8.13. The number of nitrogens with zero attached hydrogens (tertiary/aromatic N) is 3. The van der Waals surface area contributed by atoms with Crippen LogP contribution in [0.1, 0.15) is 18.2 Å². The summed E-state index contributed by atoms with van der Waals surface area (Å²) in [4.78, 5) is 8.06. The minimum absolute atomic E-state index is 0.0911. The van der Waals surface area contributed by atoms with Crippen LogP contribution in [0.15, 0.2) is 29.4 Å². The molecule has 0 radical (unpaired) electrons. The van der Waals surface area contributed by atoms with Gasteiger partial charge in [-0.15, -0.1) is 0 Å². The van der Waals surface area contributed by atoms with Gasteiger partial charge in [0.05, 0.1) is 12.0 Å². The SMILES string of the molecule is C=C(C)c1nc(N)nc(-c2ccco2)c1C#N. The Labute approximate surface area is 98.2 Å². The van der Waals surface area contributed by atoms with Crippen LogP contribution in [0.5, 0.6) is 0 Å². The van der Waals surface area contributed by atoms with E-state index < -0.39 is 0 Å². The average molecular weight is 226 g/mol. The van der Waals surface area contributed by atoms with E-state index in [0.29, 0.717) is 28.3 Å². The quantitative estimate of drug-likeness (QED) is 0.848. The van der Waals surface area contributed by atoms with Crippen molar-refractivity contribution in [2.75, 3.05) is 5.73 Å². The average Bonchev–Trinajstić information content (AvgIpc) is 2.81. The lowest BCUT2D eigenvalue weighted by atomic mass is 10.1. The third kappa shape index (κ3) is 1.88. The number of nitrogens with two attached hydrogens (primary N) is 1. The van der Waals surface area contributed by atoms with Crippen molar-refractivity contribution in [1.29, 1.82) is 5.26 Å². The first kappa shape index (κ1) is 10.9. The van der Waals surface area contributed by atoms with Crippen molar-refractivity contribution in [3.8, 4) is 17.5 Å². The number of anilines is 1. The van der Waals surface area contributed by atoms with Gasteiger partial charge in [0.15, 0.2) is 5.76 Å². The molecule has 2 aromatic rings. The van der Waals surface area contributed by atoms with Crippen molar-refractivity contribution in [3.63, 3.8) is 0 Å². The first-order valence-electron chi connectivity index (χ1n) is 4.91. The number of hydrogen-bond acceptors (Lipinski definition) is 5. The molecule has 0 aromatic carbocycles. The van der Waals surface area contributed by atoms with Gasteiger partial charge in [-0.3, -0.25) is 0 Å². The fraction of sp³-hybridized carbons (Fsp3) is 0.0833. The number of nitriles is 1. The van der Waals surface area contributed by atoms with Gasteiger partial charge >= 0.3 is 0 Å². The Kier molecular flexibility index (Phi) is 2.63. The Bertz CT molecular complexity index is 608. The van der Waals surface area contributed by atoms with Crippen molar-refractivity contribution in [1.82, 2.24) is 9.97 Å². The zero-order valence-electron chi connectivity index (χ0n) is 9.27. The molecular formula is C12H10N4O. The van der Waals surface area contributed by atoms with E-state index in [1.807, 2.05) is 0 Å². The number of rotatable bonds is 2. The highest BCUT2D eigenvalue weighted by atomic mass is 16.3. The van der Waals surface area contributed by atoms with Gasteiger partial charge < -0.3 is 10.2 Å². The molecule has 0 bridgehead atoms. The van der Waals surface area contributed by atoms with Crippen LogP contribution in [0.2, 0.25) is 0 Å². The van der Waals surface area contributed by atoms with Crippen LogP contribution in [0, 0.1) is 11.3 Å². The standard InChI is InChI=1S/C12H10N4O/c1-7(2)10-8(6-13)11(16-12(14)15-10)9-4-3-5-17-9/h3-5H,1H2,2H3,(H2,14,15,16). The molecule has 0 aliphatic carbocycles. The van der Waals surface area contributed by atoms with E-state index in [-0.39, 0.29) is 5.95 Å². The van der Waals surface area contributed by atoms with Crippen LogP contribution in [-0.2, 0) is 0 Å². The van der Waals surface area contributed by atoms with Gasteiger partial charge in [0.1, 0.15) is 17.3 Å². The summed E-state index contributed by atoms with van der Waals surface area (Å²) in [5, 5.41) is 9.18. The third-order valence-electron chi connectivity index (χ3n) is 2.20. The van der Waals surface area contributed by atoms with E-state index in [4.69, 9.17) is 10.2 Å². The number of furan rings is 1. The smallest absolute Gasteiger partial charge is 0.221 e. The molecule has 84 valence electrons. The molecule has 0 saturated heterocycles. The highest BCUT2D eigenvalue weighted by Crippen LogP contribution is 2.26. The Morgan fingerprint density at radius 2 is 2.29 bits per heavy atom. The zero-order chi connectivity index (χ0) is 12.4. The summed E-state index contributed by atoms with van der Waals surface area (Å²) in [6.07, 6.45) is 1.51. The Morgan fingerprint density at radius 3 is 2.82 bits per heavy atom. The second-order valence-corrected chi connectivity index (χ2v) is 3.52. The summed E-state index contributed by atoms with van der Waals surface area (Å²) in [6.45, 7) is 5.53. The molecular weight excluding hydrogens is 216 g/mol. The third-order valence-corrected chi connectivity index (χ3v) is 2.20. The van der Waals surface area contributed by atoms with Crippen LogP contribution in [0.25, 0.3) is 17.0 Å². The Hall–Kier alpha value is -2.61. The van der Waals surface area contributed by atoms with Crippen LogP contribution in [-0.4, -0.2) is 9.97 Å². The summed E-state index contributed by atoms with van der Waals surface area (Å²) < 4.78 is 5.23. The van der Waals surface area contributed by atoms with Crippen molar-refractivity contribution in [2.24, 2.45) is 0 Å². The van der Waals surface area contributed by atoms with E-state index in [1.165, 1.54) is 6.26 Å². The molecule has 0 fully saturated rings. The second-order valence-electron chi connectivity index (χ2n) is 3.52. The highest BCUT2D eigenvalue weighted by molar-refractivity contribution is 5.73. The van der Waals surface area contributed by atoms with Gasteiger partial charge in [-0.25, -0.2) is 9.97 Å². The topological polar surface area (TPSA) is 88.7 Å². The van der Waals surface area contributed by atoms with Gasteiger partial charge in [-0.2, -0.15) is 5.26 Å². The largest absolute Gasteiger partial charge is 0.463 e. The van der Waals surface area contributed by atoms with E-state index in [1.54, 1.807) is 19.1 Å². The van der Waals surface area contributed by atoms with E-state index in [2.05, 4.69) is 22.6 Å². The monoisotopic (exact) mass is 226 g/mol. The van der Waals surface area contributed by atoms with E-state index >= 15 is 0 Å². The molecule has 2 rings (SSSR count). The predicted octanol–water partition coefficient (Wildman–Crippen LogP) is 2.22. The predicted molar refractivity (Wildman–Crippen MR) is 63.6 cm³/mol. The molecule has 0 atom stereocenters. The van der Waals surface area contributed by atoms with Crippen LogP contribution < -0.4 is 5.73 Å². The first-order valence-corrected chi connectivity index (χ1v) is 4.91. The van der Waals surface area contributed by atoms with Crippen LogP contribution in [0.3, 0.4) is 0 Å². The van der Waals surface area contributed by atoms with Gasteiger partial charge in [0, 0.05) is 0 Å². The maximum atomic E-state index is 9.18. The van der Waals surface area contributed by atoms with Gasteiger partial charge in [0.25, 0.3) is 0 Å². The molecule has 0 saturated carbocycles. The number of hydrogen-bond donors (Lipinski definition) is 1. The fourth-order valence-corrected chi connectivity index (χ4v) is 1.48. The molecule has 2 N–H and O–H groups in total. The summed E-state index contributed by atoms with van der Waals surface area (Å²) in [6, 6.07) is 5.49. The second kappa shape index (κ2) is 4.10. The number of nitrogen functional groups attached to an aromatic ring is 1. The minimum atomic E-state index is 0.0911. The zero-order valence-corrected chi connectivity index (χ0v) is 9.27.